The maximum Gasteiger partial charge on any atom is 0.203 e. The molecule has 2 atom stereocenters. The molecule has 0 spiro atoms. The van der Waals surface area contributed by atoms with E-state index in [2.05, 4.69) is 25.5 Å². The molecule has 0 bridgehead atoms. The molecule has 1 saturated heterocycles. The van der Waals surface area contributed by atoms with Crippen molar-refractivity contribution in [1.82, 2.24) is 29.1 Å². The Balaban J connectivity index is 0.00000144. The van der Waals surface area contributed by atoms with Crippen LogP contribution in [-0.4, -0.2) is 41.8 Å². The van der Waals surface area contributed by atoms with Crippen LogP contribution in [0, 0.1) is 0 Å². The number of imidazole rings is 1. The highest BCUT2D eigenvalue weighted by Gasteiger charge is 2.33. The first-order valence-corrected chi connectivity index (χ1v) is 6.82. The molecule has 116 valence electrons. The first-order valence-electron chi connectivity index (χ1n) is 6.82. The number of hydrogen-bond donors (Lipinski definition) is 1. The van der Waals surface area contributed by atoms with Gasteiger partial charge in [-0.3, -0.25) is 4.40 Å². The van der Waals surface area contributed by atoms with Gasteiger partial charge in [-0.25, -0.2) is 9.97 Å². The molecular formula is C13H16IN7O. The zero-order chi connectivity index (χ0) is 14.2. The maximum absolute atomic E-state index is 5.84. The Morgan fingerprint density at radius 1 is 1.27 bits per heavy atom. The summed E-state index contributed by atoms with van der Waals surface area (Å²) in [6, 6.07) is 0.112. The summed E-state index contributed by atoms with van der Waals surface area (Å²) < 4.78 is 9.66. The highest BCUT2D eigenvalue weighted by atomic mass is 127. The van der Waals surface area contributed by atoms with Crippen LogP contribution in [0.25, 0.3) is 5.65 Å². The van der Waals surface area contributed by atoms with E-state index in [4.69, 9.17) is 4.74 Å². The molecule has 9 heteroatoms. The third-order valence-electron chi connectivity index (χ3n) is 3.74. The Labute approximate surface area is 143 Å². The van der Waals surface area contributed by atoms with Gasteiger partial charge in [0.2, 0.25) is 5.65 Å². The van der Waals surface area contributed by atoms with Crippen molar-refractivity contribution in [3.63, 3.8) is 0 Å². The van der Waals surface area contributed by atoms with Crippen LogP contribution in [0.4, 0.5) is 5.82 Å². The van der Waals surface area contributed by atoms with Crippen LogP contribution in [-0.2, 0) is 11.8 Å². The largest absolute Gasteiger partial charge is 0.368 e. The van der Waals surface area contributed by atoms with E-state index in [-0.39, 0.29) is 36.1 Å². The molecular weight excluding hydrogens is 397 g/mol. The van der Waals surface area contributed by atoms with Crippen molar-refractivity contribution in [1.29, 1.82) is 0 Å². The summed E-state index contributed by atoms with van der Waals surface area (Å²) in [7, 11) is 1.97. The summed E-state index contributed by atoms with van der Waals surface area (Å²) >= 11 is 0. The van der Waals surface area contributed by atoms with Gasteiger partial charge in [0.15, 0.2) is 5.82 Å². The highest BCUT2D eigenvalue weighted by Crippen LogP contribution is 2.30. The fraction of sp³-hybridized carbons (Fsp3) is 0.385. The van der Waals surface area contributed by atoms with E-state index < -0.39 is 0 Å². The Kier molecular flexibility index (Phi) is 4.25. The predicted molar refractivity (Wildman–Crippen MR) is 90.1 cm³/mol. The first-order chi connectivity index (χ1) is 10.3. The van der Waals surface area contributed by atoms with Crippen molar-refractivity contribution >= 4 is 35.4 Å². The lowest BCUT2D eigenvalue weighted by atomic mass is 10.1. The van der Waals surface area contributed by atoms with Gasteiger partial charge in [0.1, 0.15) is 18.3 Å². The quantitative estimate of drug-likeness (QED) is 0.655. The smallest absolute Gasteiger partial charge is 0.203 e. The van der Waals surface area contributed by atoms with Gasteiger partial charge in [-0.15, -0.1) is 34.2 Å². The van der Waals surface area contributed by atoms with E-state index in [1.54, 1.807) is 18.7 Å². The van der Waals surface area contributed by atoms with Gasteiger partial charge in [0.05, 0.1) is 6.04 Å². The molecule has 22 heavy (non-hydrogen) atoms. The minimum absolute atomic E-state index is 0. The molecule has 0 unspecified atom stereocenters. The second kappa shape index (κ2) is 6.16. The Hall–Kier alpha value is -1.75. The zero-order valence-electron chi connectivity index (χ0n) is 12.0. The highest BCUT2D eigenvalue weighted by molar-refractivity contribution is 14.0. The van der Waals surface area contributed by atoms with E-state index in [1.807, 2.05) is 28.4 Å². The molecule has 4 rings (SSSR count). The second-order valence-corrected chi connectivity index (χ2v) is 5.06. The van der Waals surface area contributed by atoms with Crippen LogP contribution in [0.2, 0.25) is 0 Å². The zero-order valence-corrected chi connectivity index (χ0v) is 14.3. The number of fused-ring (bicyclic) bond motifs is 1. The molecule has 3 aromatic rings. The Bertz CT molecular complexity index is 770. The van der Waals surface area contributed by atoms with E-state index >= 15 is 0 Å². The lowest BCUT2D eigenvalue weighted by Gasteiger charge is -2.20. The van der Waals surface area contributed by atoms with Crippen molar-refractivity contribution in [3.8, 4) is 0 Å². The lowest BCUT2D eigenvalue weighted by molar-refractivity contribution is 0.0983. The van der Waals surface area contributed by atoms with Crippen molar-refractivity contribution < 1.29 is 4.74 Å². The summed E-state index contributed by atoms with van der Waals surface area (Å²) in [4.78, 5) is 8.75. The van der Waals surface area contributed by atoms with E-state index in [0.29, 0.717) is 18.1 Å². The van der Waals surface area contributed by atoms with Crippen LogP contribution in [0.5, 0.6) is 0 Å². The van der Waals surface area contributed by atoms with Crippen molar-refractivity contribution in [3.05, 3.63) is 36.9 Å². The molecule has 3 aromatic heterocycles. The summed E-state index contributed by atoms with van der Waals surface area (Å²) in [6.45, 7) is 0.699. The Morgan fingerprint density at radius 2 is 2.14 bits per heavy atom. The van der Waals surface area contributed by atoms with Gasteiger partial charge in [0.25, 0.3) is 0 Å². The van der Waals surface area contributed by atoms with E-state index in [0.717, 1.165) is 12.2 Å². The summed E-state index contributed by atoms with van der Waals surface area (Å²) in [5.74, 6) is 1.63. The Morgan fingerprint density at radius 3 is 2.95 bits per heavy atom. The maximum atomic E-state index is 5.84. The minimum atomic E-state index is -0.0880. The summed E-state index contributed by atoms with van der Waals surface area (Å²) in [5, 5.41) is 11.4. The molecule has 0 radical (unpaired) electrons. The molecule has 1 N–H and O–H groups in total. The third kappa shape index (κ3) is 2.54. The van der Waals surface area contributed by atoms with Crippen LogP contribution in [0.15, 0.2) is 31.1 Å². The lowest BCUT2D eigenvalue weighted by Crippen LogP contribution is -2.26. The number of aromatic nitrogens is 6. The monoisotopic (exact) mass is 413 g/mol. The average Bonchev–Trinajstić information content (AvgIpc) is 3.19. The van der Waals surface area contributed by atoms with Crippen molar-refractivity contribution in [2.75, 3.05) is 11.9 Å². The number of aryl methyl sites for hydroxylation is 1. The first kappa shape index (κ1) is 15.2. The van der Waals surface area contributed by atoms with Crippen molar-refractivity contribution in [2.24, 2.45) is 7.05 Å². The number of halogens is 1. The standard InChI is InChI=1S/C13H15N7O.HI/c1-19-5-3-15-12(19)10-9(2-7-21-10)17-11-13-18-16-8-20(13)6-4-14-11;/h3-6,8-10H,2,7H2,1H3,(H,14,17);1H/t9-,10-;/m0./s1. The number of nitrogens with zero attached hydrogens (tertiary/aromatic N) is 6. The van der Waals surface area contributed by atoms with Gasteiger partial charge >= 0.3 is 0 Å². The van der Waals surface area contributed by atoms with Crippen LogP contribution < -0.4 is 5.32 Å². The second-order valence-electron chi connectivity index (χ2n) is 5.06. The van der Waals surface area contributed by atoms with E-state index in [9.17, 15) is 0 Å². The van der Waals surface area contributed by atoms with Crippen LogP contribution in [0.3, 0.4) is 0 Å². The normalized spacial score (nSPS) is 21.0. The number of nitrogens with one attached hydrogen (secondary N) is 1. The molecule has 0 aliphatic carbocycles. The molecule has 1 fully saturated rings. The number of anilines is 1. The molecule has 0 saturated carbocycles. The van der Waals surface area contributed by atoms with Crippen LogP contribution in [0.1, 0.15) is 18.3 Å². The number of rotatable bonds is 3. The van der Waals surface area contributed by atoms with Crippen LogP contribution >= 0.6 is 24.0 Å². The van der Waals surface area contributed by atoms with Gasteiger partial charge in [0, 0.05) is 38.4 Å². The number of hydrogen-bond acceptors (Lipinski definition) is 6. The summed E-state index contributed by atoms with van der Waals surface area (Å²) in [6.07, 6.45) is 9.72. The molecule has 4 heterocycles. The average molecular weight is 413 g/mol. The minimum Gasteiger partial charge on any atom is -0.368 e. The molecule has 0 amide bonds. The fourth-order valence-corrected chi connectivity index (χ4v) is 2.68. The van der Waals surface area contributed by atoms with Gasteiger partial charge in [-0.2, -0.15) is 0 Å². The third-order valence-corrected chi connectivity index (χ3v) is 3.74. The van der Waals surface area contributed by atoms with Gasteiger partial charge < -0.3 is 14.6 Å². The topological polar surface area (TPSA) is 82.2 Å². The molecule has 1 aliphatic rings. The van der Waals surface area contributed by atoms with E-state index in [1.165, 1.54) is 0 Å². The molecule has 1 aliphatic heterocycles. The number of ether oxygens (including phenoxy) is 1. The fourth-order valence-electron chi connectivity index (χ4n) is 2.68. The SMILES string of the molecule is Cn1ccnc1[C@H]1OCC[C@@H]1Nc1nccn2cnnc12.I. The van der Waals surface area contributed by atoms with Gasteiger partial charge in [-0.05, 0) is 6.42 Å². The molecule has 0 aromatic carbocycles. The summed E-state index contributed by atoms with van der Waals surface area (Å²) in [5.41, 5.74) is 0.711. The van der Waals surface area contributed by atoms with Gasteiger partial charge in [-0.1, -0.05) is 0 Å². The molecule has 8 nitrogen and oxygen atoms in total. The van der Waals surface area contributed by atoms with Crippen molar-refractivity contribution in [2.45, 2.75) is 18.6 Å². The predicted octanol–water partition coefficient (Wildman–Crippen LogP) is 1.42.